The van der Waals surface area contributed by atoms with Crippen molar-refractivity contribution in [2.75, 3.05) is 6.61 Å². The molecule has 21 heavy (non-hydrogen) atoms. The molecular formula is C15H15NO4S. The zero-order valence-corrected chi connectivity index (χ0v) is 12.6. The SMILES string of the molecule is C=N/C(C)=C(\S)COc1ccc2oc(C)c(C(=O)O)c2c1. The van der Waals surface area contributed by atoms with E-state index >= 15 is 0 Å². The average Bonchev–Trinajstić information content (AvgIpc) is 2.78. The van der Waals surface area contributed by atoms with Crippen molar-refractivity contribution in [2.24, 2.45) is 4.99 Å². The molecule has 0 spiro atoms. The third kappa shape index (κ3) is 3.11. The van der Waals surface area contributed by atoms with Gasteiger partial charge in [-0.1, -0.05) is 0 Å². The highest BCUT2D eigenvalue weighted by Gasteiger charge is 2.17. The van der Waals surface area contributed by atoms with Gasteiger partial charge in [-0.3, -0.25) is 4.99 Å². The molecule has 0 aliphatic carbocycles. The van der Waals surface area contributed by atoms with Gasteiger partial charge in [-0.05, 0) is 38.8 Å². The number of aromatic carboxylic acids is 1. The van der Waals surface area contributed by atoms with Crippen molar-refractivity contribution in [3.05, 3.63) is 40.1 Å². The molecule has 0 unspecified atom stereocenters. The van der Waals surface area contributed by atoms with Gasteiger partial charge in [-0.2, -0.15) is 0 Å². The molecule has 0 fully saturated rings. The third-order valence-electron chi connectivity index (χ3n) is 3.08. The first-order valence-corrected chi connectivity index (χ1v) is 6.63. The maximum atomic E-state index is 11.3. The molecule has 0 radical (unpaired) electrons. The lowest BCUT2D eigenvalue weighted by Gasteiger charge is -2.07. The van der Waals surface area contributed by atoms with Crippen molar-refractivity contribution in [3.63, 3.8) is 0 Å². The van der Waals surface area contributed by atoms with E-state index in [4.69, 9.17) is 9.15 Å². The fourth-order valence-corrected chi connectivity index (χ4v) is 2.04. The number of aliphatic imine (C=N–C) groups is 1. The molecule has 0 atom stereocenters. The molecular weight excluding hydrogens is 290 g/mol. The topological polar surface area (TPSA) is 72.0 Å². The van der Waals surface area contributed by atoms with Crippen LogP contribution in [-0.2, 0) is 0 Å². The Kier molecular flexibility index (Phi) is 4.37. The Morgan fingerprint density at radius 1 is 1.52 bits per heavy atom. The molecule has 1 N–H and O–H groups in total. The summed E-state index contributed by atoms with van der Waals surface area (Å²) in [5.41, 5.74) is 1.36. The Bertz CT molecular complexity index is 745. The van der Waals surface area contributed by atoms with Gasteiger partial charge >= 0.3 is 5.97 Å². The van der Waals surface area contributed by atoms with E-state index in [2.05, 4.69) is 24.3 Å². The van der Waals surface area contributed by atoms with Crippen LogP contribution in [0, 0.1) is 6.92 Å². The predicted molar refractivity (Wildman–Crippen MR) is 84.6 cm³/mol. The number of carboxylic acid groups (broad SMARTS) is 1. The minimum atomic E-state index is -1.02. The number of aryl methyl sites for hydroxylation is 1. The standard InChI is InChI=1S/C15H15NO4S/c1-8(16-3)13(21)7-19-10-4-5-12-11(6-10)14(15(17)18)9(2)20-12/h4-6,21H,3,7H2,1-2H3,(H,17,18)/b13-8-. The fourth-order valence-electron chi connectivity index (χ4n) is 1.90. The first-order valence-electron chi connectivity index (χ1n) is 6.18. The number of hydrogen-bond acceptors (Lipinski definition) is 5. The number of nitrogens with zero attached hydrogens (tertiary/aromatic N) is 1. The number of fused-ring (bicyclic) bond motifs is 1. The molecule has 1 heterocycles. The average molecular weight is 305 g/mol. The van der Waals surface area contributed by atoms with E-state index in [9.17, 15) is 9.90 Å². The van der Waals surface area contributed by atoms with Crippen molar-refractivity contribution < 1.29 is 19.1 Å². The van der Waals surface area contributed by atoms with Crippen LogP contribution < -0.4 is 4.74 Å². The van der Waals surface area contributed by atoms with Gasteiger partial charge in [-0.15, -0.1) is 12.6 Å². The smallest absolute Gasteiger partial charge is 0.339 e. The van der Waals surface area contributed by atoms with Gasteiger partial charge in [0.2, 0.25) is 0 Å². The van der Waals surface area contributed by atoms with E-state index in [1.165, 1.54) is 0 Å². The van der Waals surface area contributed by atoms with Gasteiger partial charge in [0.1, 0.15) is 29.3 Å². The number of hydrogen-bond donors (Lipinski definition) is 2. The minimum absolute atomic E-state index is 0.154. The van der Waals surface area contributed by atoms with Gasteiger partial charge in [0.25, 0.3) is 0 Å². The molecule has 0 bridgehead atoms. The van der Waals surface area contributed by atoms with Crippen molar-refractivity contribution in [1.82, 2.24) is 0 Å². The molecule has 2 aromatic rings. The summed E-state index contributed by atoms with van der Waals surface area (Å²) in [6, 6.07) is 5.05. The number of carboxylic acids is 1. The second kappa shape index (κ2) is 6.05. The van der Waals surface area contributed by atoms with Crippen LogP contribution in [0.5, 0.6) is 5.75 Å². The van der Waals surface area contributed by atoms with Crippen LogP contribution in [-0.4, -0.2) is 24.4 Å². The third-order valence-corrected chi connectivity index (χ3v) is 3.53. The van der Waals surface area contributed by atoms with E-state index < -0.39 is 5.97 Å². The summed E-state index contributed by atoms with van der Waals surface area (Å²) >= 11 is 4.27. The zero-order valence-electron chi connectivity index (χ0n) is 11.7. The molecule has 110 valence electrons. The summed E-state index contributed by atoms with van der Waals surface area (Å²) < 4.78 is 11.0. The van der Waals surface area contributed by atoms with Crippen molar-refractivity contribution in [1.29, 1.82) is 0 Å². The normalized spacial score (nSPS) is 12.1. The molecule has 0 aliphatic rings. The van der Waals surface area contributed by atoms with Crippen molar-refractivity contribution in [2.45, 2.75) is 13.8 Å². The summed E-state index contributed by atoms with van der Waals surface area (Å²) in [5.74, 6) is -0.116. The number of carbonyl (C=O) groups is 1. The molecule has 1 aromatic heterocycles. The Labute approximate surface area is 127 Å². The maximum Gasteiger partial charge on any atom is 0.339 e. The number of furan rings is 1. The van der Waals surface area contributed by atoms with E-state index in [1.807, 2.05) is 0 Å². The fraction of sp³-hybridized carbons (Fsp3) is 0.200. The summed E-state index contributed by atoms with van der Waals surface area (Å²) in [6.07, 6.45) is 0. The second-order valence-corrected chi connectivity index (χ2v) is 5.02. The molecule has 6 heteroatoms. The highest BCUT2D eigenvalue weighted by molar-refractivity contribution is 7.84. The number of thiol groups is 1. The zero-order chi connectivity index (χ0) is 15.6. The quantitative estimate of drug-likeness (QED) is 0.653. The Balaban J connectivity index is 2.33. The number of benzene rings is 1. The van der Waals surface area contributed by atoms with E-state index in [1.54, 1.807) is 32.0 Å². The maximum absolute atomic E-state index is 11.3. The second-order valence-electron chi connectivity index (χ2n) is 4.48. The summed E-state index contributed by atoms with van der Waals surface area (Å²) in [4.78, 5) is 15.7. The Hall–Kier alpha value is -2.21. The number of allylic oxidation sites excluding steroid dienone is 1. The van der Waals surface area contributed by atoms with E-state index in [-0.39, 0.29) is 12.2 Å². The largest absolute Gasteiger partial charge is 0.488 e. The molecule has 2 rings (SSSR count). The number of rotatable bonds is 5. The number of ether oxygens (including phenoxy) is 1. The summed E-state index contributed by atoms with van der Waals surface area (Å²) in [6.45, 7) is 7.06. The van der Waals surface area contributed by atoms with Crippen LogP contribution in [0.25, 0.3) is 11.0 Å². The van der Waals surface area contributed by atoms with Crippen LogP contribution >= 0.6 is 12.6 Å². The molecule has 0 saturated heterocycles. The van der Waals surface area contributed by atoms with Crippen LogP contribution in [0.1, 0.15) is 23.0 Å². The van der Waals surface area contributed by atoms with Crippen molar-refractivity contribution >= 4 is 36.3 Å². The minimum Gasteiger partial charge on any atom is -0.488 e. The summed E-state index contributed by atoms with van der Waals surface area (Å²) in [5, 5.41) is 9.74. The van der Waals surface area contributed by atoms with Gasteiger partial charge < -0.3 is 14.3 Å². The van der Waals surface area contributed by atoms with Gasteiger partial charge in [0, 0.05) is 16.0 Å². The van der Waals surface area contributed by atoms with Crippen molar-refractivity contribution in [3.8, 4) is 5.75 Å². The van der Waals surface area contributed by atoms with E-state index in [0.29, 0.717) is 33.1 Å². The van der Waals surface area contributed by atoms with Crippen LogP contribution in [0.4, 0.5) is 0 Å². The lowest BCUT2D eigenvalue weighted by Crippen LogP contribution is -2.00. The molecule has 0 amide bonds. The molecule has 1 aromatic carbocycles. The monoisotopic (exact) mass is 305 g/mol. The van der Waals surface area contributed by atoms with Crippen LogP contribution in [0.2, 0.25) is 0 Å². The van der Waals surface area contributed by atoms with Gasteiger partial charge in [0.15, 0.2) is 0 Å². The molecule has 0 saturated carbocycles. The highest BCUT2D eigenvalue weighted by Crippen LogP contribution is 2.29. The molecule has 5 nitrogen and oxygen atoms in total. The first-order chi connectivity index (χ1) is 9.93. The lowest BCUT2D eigenvalue weighted by atomic mass is 10.1. The van der Waals surface area contributed by atoms with E-state index in [0.717, 1.165) is 0 Å². The van der Waals surface area contributed by atoms with Crippen LogP contribution in [0.3, 0.4) is 0 Å². The van der Waals surface area contributed by atoms with Gasteiger partial charge in [0.05, 0.1) is 0 Å². The summed E-state index contributed by atoms with van der Waals surface area (Å²) in [7, 11) is 0. The van der Waals surface area contributed by atoms with Gasteiger partial charge in [-0.25, -0.2) is 4.79 Å². The van der Waals surface area contributed by atoms with Crippen LogP contribution in [0.15, 0.2) is 38.2 Å². The predicted octanol–water partition coefficient (Wildman–Crippen LogP) is 3.68. The Morgan fingerprint density at radius 2 is 2.24 bits per heavy atom. The lowest BCUT2D eigenvalue weighted by molar-refractivity contribution is 0.0697. The molecule has 0 aliphatic heterocycles. The Morgan fingerprint density at radius 3 is 2.86 bits per heavy atom. The highest BCUT2D eigenvalue weighted by atomic mass is 32.1. The first kappa shape index (κ1) is 15.2.